The Kier molecular flexibility index (Phi) is 7.49. The third-order valence-electron chi connectivity index (χ3n) is 4.68. The second-order valence-corrected chi connectivity index (χ2v) is 9.34. The summed E-state index contributed by atoms with van der Waals surface area (Å²) in [5.41, 5.74) is -0.557. The molecule has 1 amide bonds. The SMILES string of the molecule is N#CCc1ccc(NC(=O)CN(c2ccc(Cl)c(C(F)(F)F)c2)S(=O)(=O)c2ccccc2)cc1. The number of anilines is 2. The molecule has 0 heterocycles. The minimum atomic E-state index is -4.83. The van der Waals surface area contributed by atoms with Crippen molar-refractivity contribution in [1.82, 2.24) is 0 Å². The molecule has 3 aromatic carbocycles. The van der Waals surface area contributed by atoms with Crippen molar-refractivity contribution < 1.29 is 26.4 Å². The van der Waals surface area contributed by atoms with E-state index in [9.17, 15) is 26.4 Å². The standard InChI is InChI=1S/C23H17ClF3N3O3S/c24-21-11-10-18(14-20(21)23(25,26)27)30(34(32,33)19-4-2-1-3-5-19)15-22(31)29-17-8-6-16(7-9-17)12-13-28/h1-11,14H,12,15H2,(H,29,31). The third-order valence-corrected chi connectivity index (χ3v) is 6.80. The number of sulfonamides is 1. The largest absolute Gasteiger partial charge is 0.417 e. The van der Waals surface area contributed by atoms with Crippen LogP contribution in [0.15, 0.2) is 77.7 Å². The number of alkyl halides is 3. The normalized spacial score (nSPS) is 11.5. The van der Waals surface area contributed by atoms with Gasteiger partial charge in [-0.3, -0.25) is 9.10 Å². The van der Waals surface area contributed by atoms with Gasteiger partial charge in [0.1, 0.15) is 6.54 Å². The van der Waals surface area contributed by atoms with Gasteiger partial charge in [-0.2, -0.15) is 18.4 Å². The van der Waals surface area contributed by atoms with E-state index in [2.05, 4.69) is 5.32 Å². The Bertz CT molecular complexity index is 1320. The molecule has 3 rings (SSSR count). The number of rotatable bonds is 7. The van der Waals surface area contributed by atoms with E-state index in [1.807, 2.05) is 6.07 Å². The summed E-state index contributed by atoms with van der Waals surface area (Å²) in [5, 5.41) is 10.7. The molecule has 0 aliphatic carbocycles. The molecule has 0 spiro atoms. The second kappa shape index (κ2) is 10.2. The van der Waals surface area contributed by atoms with Gasteiger partial charge < -0.3 is 5.32 Å². The Balaban J connectivity index is 1.98. The number of benzene rings is 3. The second-order valence-electron chi connectivity index (χ2n) is 7.07. The lowest BCUT2D eigenvalue weighted by Gasteiger charge is -2.25. The fourth-order valence-electron chi connectivity index (χ4n) is 3.05. The Hall–Kier alpha value is -3.55. The molecular weight excluding hydrogens is 491 g/mol. The number of carbonyl (C=O) groups excluding carboxylic acids is 1. The molecule has 11 heteroatoms. The Labute approximate surface area is 199 Å². The van der Waals surface area contributed by atoms with Crippen molar-refractivity contribution >= 4 is 38.9 Å². The van der Waals surface area contributed by atoms with E-state index in [1.54, 1.807) is 18.2 Å². The minimum absolute atomic E-state index is 0.176. The highest BCUT2D eigenvalue weighted by molar-refractivity contribution is 7.92. The van der Waals surface area contributed by atoms with Crippen molar-refractivity contribution in [3.63, 3.8) is 0 Å². The van der Waals surface area contributed by atoms with E-state index in [0.717, 1.165) is 17.7 Å². The van der Waals surface area contributed by atoms with Crippen LogP contribution in [0.1, 0.15) is 11.1 Å². The van der Waals surface area contributed by atoms with Gasteiger partial charge in [0, 0.05) is 5.69 Å². The average Bonchev–Trinajstić information content (AvgIpc) is 2.79. The van der Waals surface area contributed by atoms with Crippen molar-refractivity contribution in [1.29, 1.82) is 5.26 Å². The molecule has 6 nitrogen and oxygen atoms in total. The number of hydrogen-bond acceptors (Lipinski definition) is 4. The van der Waals surface area contributed by atoms with Crippen LogP contribution in [0.25, 0.3) is 0 Å². The lowest BCUT2D eigenvalue weighted by Crippen LogP contribution is -2.38. The van der Waals surface area contributed by atoms with Gasteiger partial charge in [0.25, 0.3) is 10.0 Å². The molecule has 0 saturated carbocycles. The molecule has 3 aromatic rings. The van der Waals surface area contributed by atoms with Crippen LogP contribution in [0, 0.1) is 11.3 Å². The molecule has 0 fully saturated rings. The number of amides is 1. The first kappa shape index (κ1) is 25.1. The summed E-state index contributed by atoms with van der Waals surface area (Å²) in [5.74, 6) is -0.781. The van der Waals surface area contributed by atoms with Gasteiger partial charge in [-0.15, -0.1) is 0 Å². The fourth-order valence-corrected chi connectivity index (χ4v) is 4.71. The summed E-state index contributed by atoms with van der Waals surface area (Å²) < 4.78 is 67.4. The number of nitriles is 1. The van der Waals surface area contributed by atoms with Gasteiger partial charge in [0.2, 0.25) is 5.91 Å². The van der Waals surface area contributed by atoms with Crippen LogP contribution in [0.4, 0.5) is 24.5 Å². The first-order chi connectivity index (χ1) is 16.0. The average molecular weight is 508 g/mol. The number of carbonyl (C=O) groups is 1. The maximum absolute atomic E-state index is 13.4. The van der Waals surface area contributed by atoms with E-state index in [4.69, 9.17) is 16.9 Å². The predicted octanol–water partition coefficient (Wildman–Crippen LogP) is 5.26. The lowest BCUT2D eigenvalue weighted by atomic mass is 10.1. The van der Waals surface area contributed by atoms with Crippen LogP contribution >= 0.6 is 11.6 Å². The molecule has 0 radical (unpaired) electrons. The molecule has 0 aromatic heterocycles. The zero-order valence-electron chi connectivity index (χ0n) is 17.4. The Morgan fingerprint density at radius 1 is 1.03 bits per heavy atom. The Morgan fingerprint density at radius 3 is 2.26 bits per heavy atom. The molecule has 0 unspecified atom stereocenters. The smallest absolute Gasteiger partial charge is 0.325 e. The third kappa shape index (κ3) is 5.87. The number of hydrogen-bond donors (Lipinski definition) is 1. The summed E-state index contributed by atoms with van der Waals surface area (Å²) >= 11 is 5.68. The molecule has 0 bridgehead atoms. The highest BCUT2D eigenvalue weighted by Crippen LogP contribution is 2.38. The quantitative estimate of drug-likeness (QED) is 0.472. The number of nitrogens with one attached hydrogen (secondary N) is 1. The van der Waals surface area contributed by atoms with Gasteiger partial charge in [-0.1, -0.05) is 41.9 Å². The van der Waals surface area contributed by atoms with Gasteiger partial charge in [0.15, 0.2) is 0 Å². The maximum atomic E-state index is 13.4. The lowest BCUT2D eigenvalue weighted by molar-refractivity contribution is -0.137. The first-order valence-corrected chi connectivity index (χ1v) is 11.5. The van der Waals surface area contributed by atoms with Gasteiger partial charge >= 0.3 is 6.18 Å². The van der Waals surface area contributed by atoms with E-state index in [1.165, 1.54) is 36.4 Å². The van der Waals surface area contributed by atoms with Gasteiger partial charge in [0.05, 0.1) is 33.7 Å². The van der Waals surface area contributed by atoms with Crippen LogP contribution < -0.4 is 9.62 Å². The van der Waals surface area contributed by atoms with Gasteiger partial charge in [-0.25, -0.2) is 8.42 Å². The topological polar surface area (TPSA) is 90.3 Å². The molecule has 1 N–H and O–H groups in total. The van der Waals surface area contributed by atoms with Crippen LogP contribution in [0.3, 0.4) is 0 Å². The molecule has 0 saturated heterocycles. The zero-order chi connectivity index (χ0) is 24.9. The van der Waals surface area contributed by atoms with E-state index >= 15 is 0 Å². The number of nitrogens with zero attached hydrogens (tertiary/aromatic N) is 2. The maximum Gasteiger partial charge on any atom is 0.417 e. The first-order valence-electron chi connectivity index (χ1n) is 9.72. The summed E-state index contributed by atoms with van der Waals surface area (Å²) in [6.07, 6.45) is -4.65. The van der Waals surface area contributed by atoms with E-state index in [-0.39, 0.29) is 17.0 Å². The van der Waals surface area contributed by atoms with Crippen LogP contribution in [-0.2, 0) is 27.4 Å². The zero-order valence-corrected chi connectivity index (χ0v) is 19.0. The number of halogens is 4. The summed E-state index contributed by atoms with van der Waals surface area (Å²) in [4.78, 5) is 12.5. The van der Waals surface area contributed by atoms with Crippen molar-refractivity contribution in [2.24, 2.45) is 0 Å². The van der Waals surface area contributed by atoms with Crippen LogP contribution in [0.5, 0.6) is 0 Å². The Morgan fingerprint density at radius 2 is 1.68 bits per heavy atom. The highest BCUT2D eigenvalue weighted by atomic mass is 35.5. The molecule has 0 aliphatic rings. The van der Waals surface area contributed by atoms with Gasteiger partial charge in [-0.05, 0) is 48.0 Å². The van der Waals surface area contributed by atoms with Crippen molar-refractivity contribution in [2.75, 3.05) is 16.2 Å². The molecule has 0 aliphatic heterocycles. The molecule has 176 valence electrons. The summed E-state index contributed by atoms with van der Waals surface area (Å²) in [7, 11) is -4.40. The highest BCUT2D eigenvalue weighted by Gasteiger charge is 2.35. The summed E-state index contributed by atoms with van der Waals surface area (Å²) in [6, 6.07) is 17.9. The molecule has 34 heavy (non-hydrogen) atoms. The van der Waals surface area contributed by atoms with Crippen LogP contribution in [0.2, 0.25) is 5.02 Å². The monoisotopic (exact) mass is 507 g/mol. The van der Waals surface area contributed by atoms with Crippen molar-refractivity contribution in [2.45, 2.75) is 17.5 Å². The molecular formula is C23H17ClF3N3O3S. The van der Waals surface area contributed by atoms with Crippen LogP contribution in [-0.4, -0.2) is 20.9 Å². The molecule has 0 atom stereocenters. The van der Waals surface area contributed by atoms with E-state index < -0.39 is 39.2 Å². The van der Waals surface area contributed by atoms with Crippen molar-refractivity contribution in [3.05, 3.63) is 88.9 Å². The minimum Gasteiger partial charge on any atom is -0.325 e. The predicted molar refractivity (Wildman–Crippen MR) is 122 cm³/mol. The summed E-state index contributed by atoms with van der Waals surface area (Å²) in [6.45, 7) is -0.796. The van der Waals surface area contributed by atoms with E-state index in [0.29, 0.717) is 16.1 Å². The van der Waals surface area contributed by atoms with Crippen molar-refractivity contribution in [3.8, 4) is 6.07 Å². The fraction of sp³-hybridized carbons (Fsp3) is 0.130.